The average Bonchev–Trinajstić information content (AvgIpc) is 2.45. The van der Waals surface area contributed by atoms with Crippen molar-refractivity contribution in [2.75, 3.05) is 6.61 Å². The van der Waals surface area contributed by atoms with E-state index in [9.17, 15) is 9.59 Å². The van der Waals surface area contributed by atoms with Gasteiger partial charge in [0.15, 0.2) is 0 Å². The molecular formula is C15H20N2O3. The lowest BCUT2D eigenvalue weighted by Gasteiger charge is -2.10. The van der Waals surface area contributed by atoms with Gasteiger partial charge in [-0.3, -0.25) is 9.59 Å². The first-order valence-electron chi connectivity index (χ1n) is 6.58. The Morgan fingerprint density at radius 1 is 1.30 bits per heavy atom. The molecule has 5 nitrogen and oxygen atoms in total. The predicted octanol–water partition coefficient (Wildman–Crippen LogP) is 1.92. The zero-order valence-electron chi connectivity index (χ0n) is 12.1. The van der Waals surface area contributed by atoms with Crippen LogP contribution in [0.4, 0.5) is 0 Å². The zero-order chi connectivity index (χ0) is 15.0. The maximum Gasteiger partial charge on any atom is 0.314 e. The van der Waals surface area contributed by atoms with Crippen LogP contribution >= 0.6 is 0 Å². The fourth-order valence-electron chi connectivity index (χ4n) is 1.51. The van der Waals surface area contributed by atoms with Crippen LogP contribution < -0.4 is 5.43 Å². The molecule has 1 aromatic rings. The zero-order valence-corrected chi connectivity index (χ0v) is 12.1. The van der Waals surface area contributed by atoms with Crippen molar-refractivity contribution in [3.63, 3.8) is 0 Å². The topological polar surface area (TPSA) is 67.8 Å². The molecular weight excluding hydrogens is 256 g/mol. The number of carbonyl (C=O) groups excluding carboxylic acids is 2. The van der Waals surface area contributed by atoms with E-state index in [2.05, 4.69) is 10.5 Å². The van der Waals surface area contributed by atoms with Crippen molar-refractivity contribution in [2.24, 2.45) is 11.0 Å². The minimum Gasteiger partial charge on any atom is -0.465 e. The maximum absolute atomic E-state index is 11.7. The molecule has 0 fully saturated rings. The smallest absolute Gasteiger partial charge is 0.314 e. The molecule has 0 aliphatic rings. The summed E-state index contributed by atoms with van der Waals surface area (Å²) in [6, 6.07) is 9.39. The third-order valence-electron chi connectivity index (χ3n) is 2.83. The van der Waals surface area contributed by atoms with Crippen molar-refractivity contribution < 1.29 is 14.3 Å². The summed E-state index contributed by atoms with van der Waals surface area (Å²) < 4.78 is 4.89. The van der Waals surface area contributed by atoms with Gasteiger partial charge in [-0.15, -0.1) is 0 Å². The summed E-state index contributed by atoms with van der Waals surface area (Å²) >= 11 is 0. The molecule has 108 valence electrons. The van der Waals surface area contributed by atoms with Gasteiger partial charge in [-0.1, -0.05) is 30.3 Å². The fourth-order valence-corrected chi connectivity index (χ4v) is 1.51. The summed E-state index contributed by atoms with van der Waals surface area (Å²) in [5, 5.41) is 3.94. The van der Waals surface area contributed by atoms with Gasteiger partial charge in [0.1, 0.15) is 0 Å². The molecule has 20 heavy (non-hydrogen) atoms. The molecule has 0 aromatic heterocycles. The van der Waals surface area contributed by atoms with Crippen LogP contribution in [0.1, 0.15) is 26.3 Å². The molecule has 1 rings (SSSR count). The number of ether oxygens (including phenoxy) is 1. The van der Waals surface area contributed by atoms with E-state index in [4.69, 9.17) is 4.74 Å². The number of hydrazone groups is 1. The van der Waals surface area contributed by atoms with Crippen LogP contribution in [0.3, 0.4) is 0 Å². The van der Waals surface area contributed by atoms with E-state index in [1.807, 2.05) is 30.3 Å². The van der Waals surface area contributed by atoms with E-state index in [0.29, 0.717) is 12.3 Å². The SMILES string of the molecule is CCOC(=O)[C@@H](C)/C(C)=N/NC(=O)Cc1ccccc1. The van der Waals surface area contributed by atoms with Crippen LogP contribution in [-0.4, -0.2) is 24.2 Å². The largest absolute Gasteiger partial charge is 0.465 e. The third kappa shape index (κ3) is 5.22. The summed E-state index contributed by atoms with van der Waals surface area (Å²) in [5.41, 5.74) is 3.88. The Morgan fingerprint density at radius 3 is 2.55 bits per heavy atom. The number of rotatable bonds is 6. The van der Waals surface area contributed by atoms with Crippen LogP contribution in [0.25, 0.3) is 0 Å². The fraction of sp³-hybridized carbons (Fsp3) is 0.400. The highest BCUT2D eigenvalue weighted by atomic mass is 16.5. The highest BCUT2D eigenvalue weighted by Crippen LogP contribution is 2.02. The predicted molar refractivity (Wildman–Crippen MR) is 77.2 cm³/mol. The summed E-state index contributed by atoms with van der Waals surface area (Å²) in [5.74, 6) is -1.02. The summed E-state index contributed by atoms with van der Waals surface area (Å²) in [6.45, 7) is 5.46. The Hall–Kier alpha value is -2.17. The van der Waals surface area contributed by atoms with Gasteiger partial charge in [-0.2, -0.15) is 5.10 Å². The van der Waals surface area contributed by atoms with E-state index < -0.39 is 5.92 Å². The lowest BCUT2D eigenvalue weighted by Crippen LogP contribution is -2.26. The van der Waals surface area contributed by atoms with Gasteiger partial charge in [-0.05, 0) is 26.3 Å². The minimum atomic E-state index is -0.466. The highest BCUT2D eigenvalue weighted by Gasteiger charge is 2.17. The molecule has 0 saturated carbocycles. The highest BCUT2D eigenvalue weighted by molar-refractivity contribution is 6.00. The van der Waals surface area contributed by atoms with Crippen LogP contribution in [0, 0.1) is 5.92 Å². The van der Waals surface area contributed by atoms with Gasteiger partial charge in [0.05, 0.1) is 18.9 Å². The van der Waals surface area contributed by atoms with E-state index in [-0.39, 0.29) is 18.3 Å². The molecule has 0 spiro atoms. The minimum absolute atomic E-state index is 0.216. The number of nitrogens with zero attached hydrogens (tertiary/aromatic N) is 1. The molecule has 0 bridgehead atoms. The van der Waals surface area contributed by atoms with Gasteiger partial charge in [0.25, 0.3) is 0 Å². The average molecular weight is 276 g/mol. The molecule has 0 saturated heterocycles. The first-order valence-corrected chi connectivity index (χ1v) is 6.58. The Balaban J connectivity index is 2.50. The van der Waals surface area contributed by atoms with Crippen molar-refractivity contribution in [1.29, 1.82) is 0 Å². The Bertz CT molecular complexity index is 483. The normalized spacial score (nSPS) is 12.7. The Kier molecular flexibility index (Phi) is 6.43. The van der Waals surface area contributed by atoms with Gasteiger partial charge in [-0.25, -0.2) is 5.43 Å². The van der Waals surface area contributed by atoms with E-state index in [1.165, 1.54) is 0 Å². The van der Waals surface area contributed by atoms with Crippen LogP contribution in [0.5, 0.6) is 0 Å². The van der Waals surface area contributed by atoms with Crippen molar-refractivity contribution in [3.8, 4) is 0 Å². The first kappa shape index (κ1) is 15.9. The molecule has 0 aliphatic carbocycles. The van der Waals surface area contributed by atoms with E-state index >= 15 is 0 Å². The van der Waals surface area contributed by atoms with Crippen LogP contribution in [0.15, 0.2) is 35.4 Å². The summed E-state index contributed by atoms with van der Waals surface area (Å²) in [7, 11) is 0. The van der Waals surface area contributed by atoms with Crippen molar-refractivity contribution in [2.45, 2.75) is 27.2 Å². The number of esters is 1. The van der Waals surface area contributed by atoms with Gasteiger partial charge < -0.3 is 4.74 Å². The lowest BCUT2D eigenvalue weighted by atomic mass is 10.1. The molecule has 0 aliphatic heterocycles. The molecule has 0 unspecified atom stereocenters. The lowest BCUT2D eigenvalue weighted by molar-refractivity contribution is -0.145. The van der Waals surface area contributed by atoms with Crippen molar-refractivity contribution in [1.82, 2.24) is 5.43 Å². The van der Waals surface area contributed by atoms with Crippen LogP contribution in [0.2, 0.25) is 0 Å². The second-order valence-electron chi connectivity index (χ2n) is 4.42. The summed E-state index contributed by atoms with van der Waals surface area (Å²) in [4.78, 5) is 23.2. The molecule has 1 amide bonds. The molecule has 1 atom stereocenters. The standard InChI is InChI=1S/C15H20N2O3/c1-4-20-15(19)11(2)12(3)16-17-14(18)10-13-8-6-5-7-9-13/h5-9,11H,4,10H2,1-3H3,(H,17,18)/b16-12+/t11-/m0/s1. The number of benzene rings is 1. The number of nitrogens with one attached hydrogen (secondary N) is 1. The van der Waals surface area contributed by atoms with Crippen LogP contribution in [-0.2, 0) is 20.7 Å². The van der Waals surface area contributed by atoms with Crippen molar-refractivity contribution in [3.05, 3.63) is 35.9 Å². The molecule has 0 heterocycles. The monoisotopic (exact) mass is 276 g/mol. The Morgan fingerprint density at radius 2 is 1.95 bits per heavy atom. The van der Waals surface area contributed by atoms with Gasteiger partial charge in [0, 0.05) is 5.71 Å². The quantitative estimate of drug-likeness (QED) is 0.490. The van der Waals surface area contributed by atoms with E-state index in [0.717, 1.165) is 5.56 Å². The number of hydrogen-bond donors (Lipinski definition) is 1. The second kappa shape index (κ2) is 8.09. The second-order valence-corrected chi connectivity index (χ2v) is 4.42. The molecule has 5 heteroatoms. The maximum atomic E-state index is 11.7. The van der Waals surface area contributed by atoms with Gasteiger partial charge in [0.2, 0.25) is 5.91 Å². The van der Waals surface area contributed by atoms with Gasteiger partial charge >= 0.3 is 5.97 Å². The molecule has 1 aromatic carbocycles. The number of carbonyl (C=O) groups is 2. The number of hydrogen-bond acceptors (Lipinski definition) is 4. The molecule has 0 radical (unpaired) electrons. The third-order valence-corrected chi connectivity index (χ3v) is 2.83. The first-order chi connectivity index (χ1) is 9.54. The summed E-state index contributed by atoms with van der Waals surface area (Å²) in [6.07, 6.45) is 0.255. The molecule has 1 N–H and O–H groups in total. The number of amides is 1. The van der Waals surface area contributed by atoms with E-state index in [1.54, 1.807) is 20.8 Å². The Labute approximate surface area is 119 Å². The van der Waals surface area contributed by atoms with Crippen molar-refractivity contribution >= 4 is 17.6 Å².